The van der Waals surface area contributed by atoms with Crippen molar-refractivity contribution in [3.63, 3.8) is 0 Å². The first kappa shape index (κ1) is 21.9. The molecule has 12 heteroatoms. The second kappa shape index (κ2) is 8.54. The van der Waals surface area contributed by atoms with Crippen LogP contribution >= 0.6 is 11.6 Å². The van der Waals surface area contributed by atoms with Crippen LogP contribution in [0.2, 0.25) is 5.02 Å². The lowest BCUT2D eigenvalue weighted by Crippen LogP contribution is -2.38. The van der Waals surface area contributed by atoms with Gasteiger partial charge in [0.25, 0.3) is 22.4 Å². The van der Waals surface area contributed by atoms with Crippen molar-refractivity contribution >= 4 is 39.1 Å². The third-order valence-electron chi connectivity index (χ3n) is 4.20. The number of anilines is 1. The largest absolute Gasteiger partial charge is 0.488 e. The van der Waals surface area contributed by atoms with Crippen LogP contribution < -0.4 is 20.5 Å². The molecule has 160 valence electrons. The molecular formula is C18H16ClF2N3O5S. The molecule has 0 aromatic heterocycles. The SMILES string of the molecule is NC(C(=O)NS(=O)(=O)c1cc2c(cc1Cl)NC(=O)C2)c1ccc(OCC(F)F)cc1. The lowest BCUT2D eigenvalue weighted by atomic mass is 10.1. The molecule has 1 atom stereocenters. The summed E-state index contributed by atoms with van der Waals surface area (Å²) in [5.74, 6) is -1.18. The van der Waals surface area contributed by atoms with Crippen LogP contribution in [0, 0.1) is 0 Å². The third kappa shape index (κ3) is 4.86. The number of carbonyl (C=O) groups is 2. The number of carbonyl (C=O) groups excluding carboxylic acids is 2. The van der Waals surface area contributed by atoms with Crippen LogP contribution in [0.5, 0.6) is 5.75 Å². The van der Waals surface area contributed by atoms with Crippen LogP contribution in [-0.2, 0) is 26.0 Å². The Morgan fingerprint density at radius 2 is 1.93 bits per heavy atom. The van der Waals surface area contributed by atoms with E-state index in [-0.39, 0.29) is 33.6 Å². The first-order valence-corrected chi connectivity index (χ1v) is 10.4. The molecule has 2 amide bonds. The quantitative estimate of drug-likeness (QED) is 0.581. The zero-order valence-corrected chi connectivity index (χ0v) is 16.8. The summed E-state index contributed by atoms with van der Waals surface area (Å²) in [4.78, 5) is 23.5. The minimum atomic E-state index is -4.37. The Morgan fingerprint density at radius 1 is 1.27 bits per heavy atom. The average molecular weight is 460 g/mol. The van der Waals surface area contributed by atoms with Gasteiger partial charge in [-0.15, -0.1) is 0 Å². The van der Waals surface area contributed by atoms with E-state index in [4.69, 9.17) is 22.1 Å². The highest BCUT2D eigenvalue weighted by molar-refractivity contribution is 7.90. The fraction of sp³-hybridized carbons (Fsp3) is 0.222. The Kier molecular flexibility index (Phi) is 6.25. The van der Waals surface area contributed by atoms with Crippen molar-refractivity contribution in [3.8, 4) is 5.75 Å². The predicted octanol–water partition coefficient (Wildman–Crippen LogP) is 1.98. The summed E-state index contributed by atoms with van der Waals surface area (Å²) >= 11 is 6.01. The Bertz CT molecular complexity index is 1090. The van der Waals surface area contributed by atoms with E-state index in [0.29, 0.717) is 11.3 Å². The molecule has 3 rings (SSSR count). The predicted molar refractivity (Wildman–Crippen MR) is 104 cm³/mol. The number of hydrogen-bond donors (Lipinski definition) is 3. The van der Waals surface area contributed by atoms with Crippen LogP contribution in [0.4, 0.5) is 14.5 Å². The fourth-order valence-electron chi connectivity index (χ4n) is 2.76. The molecule has 0 saturated carbocycles. The van der Waals surface area contributed by atoms with E-state index in [2.05, 4.69) is 5.32 Å². The summed E-state index contributed by atoms with van der Waals surface area (Å²) < 4.78 is 56.3. The molecule has 1 unspecified atom stereocenters. The van der Waals surface area contributed by atoms with E-state index in [1.807, 2.05) is 4.72 Å². The minimum Gasteiger partial charge on any atom is -0.488 e. The molecule has 0 aliphatic carbocycles. The summed E-state index contributed by atoms with van der Waals surface area (Å²) in [6.07, 6.45) is -2.65. The molecule has 1 aliphatic heterocycles. The van der Waals surface area contributed by atoms with Crippen molar-refractivity contribution in [1.29, 1.82) is 0 Å². The number of nitrogens with one attached hydrogen (secondary N) is 2. The summed E-state index contributed by atoms with van der Waals surface area (Å²) in [6.45, 7) is -0.785. The van der Waals surface area contributed by atoms with Gasteiger partial charge >= 0.3 is 0 Å². The van der Waals surface area contributed by atoms with Crippen LogP contribution in [0.15, 0.2) is 41.3 Å². The van der Waals surface area contributed by atoms with Gasteiger partial charge in [-0.3, -0.25) is 9.59 Å². The maximum absolute atomic E-state index is 12.6. The number of benzene rings is 2. The van der Waals surface area contributed by atoms with Gasteiger partial charge in [-0.1, -0.05) is 23.7 Å². The van der Waals surface area contributed by atoms with Gasteiger partial charge < -0.3 is 15.8 Å². The number of rotatable bonds is 7. The van der Waals surface area contributed by atoms with Gasteiger partial charge in [-0.05, 0) is 35.4 Å². The van der Waals surface area contributed by atoms with Gasteiger partial charge in [-0.25, -0.2) is 21.9 Å². The molecule has 8 nitrogen and oxygen atoms in total. The normalized spacial score (nSPS) is 14.2. The maximum atomic E-state index is 12.6. The first-order chi connectivity index (χ1) is 14.1. The topological polar surface area (TPSA) is 128 Å². The van der Waals surface area contributed by atoms with Gasteiger partial charge in [0, 0.05) is 5.69 Å². The number of alkyl halides is 2. The second-order valence-electron chi connectivity index (χ2n) is 6.38. The van der Waals surface area contributed by atoms with Crippen LogP contribution in [0.25, 0.3) is 0 Å². The number of amides is 2. The molecule has 0 bridgehead atoms. The molecule has 1 heterocycles. The Hall–Kier alpha value is -2.76. The van der Waals surface area contributed by atoms with E-state index < -0.39 is 35.0 Å². The van der Waals surface area contributed by atoms with Crippen LogP contribution in [-0.4, -0.2) is 33.3 Å². The van der Waals surface area contributed by atoms with Crippen molar-refractivity contribution in [2.75, 3.05) is 11.9 Å². The molecule has 0 spiro atoms. The van der Waals surface area contributed by atoms with Gasteiger partial charge in [0.15, 0.2) is 0 Å². The molecular weight excluding hydrogens is 444 g/mol. The number of nitrogens with two attached hydrogens (primary N) is 1. The molecule has 0 fully saturated rings. The highest BCUT2D eigenvalue weighted by Gasteiger charge is 2.28. The van der Waals surface area contributed by atoms with E-state index in [1.165, 1.54) is 36.4 Å². The van der Waals surface area contributed by atoms with Crippen molar-refractivity contribution in [2.45, 2.75) is 23.8 Å². The van der Waals surface area contributed by atoms with Crippen molar-refractivity contribution in [1.82, 2.24) is 4.72 Å². The second-order valence-corrected chi connectivity index (χ2v) is 8.44. The minimum absolute atomic E-state index is 0.0114. The fourth-order valence-corrected chi connectivity index (χ4v) is 4.35. The molecule has 2 aromatic rings. The molecule has 0 saturated heterocycles. The lowest BCUT2D eigenvalue weighted by Gasteiger charge is -2.15. The van der Waals surface area contributed by atoms with E-state index >= 15 is 0 Å². The van der Waals surface area contributed by atoms with Crippen molar-refractivity contribution in [3.05, 3.63) is 52.5 Å². The van der Waals surface area contributed by atoms with Gasteiger partial charge in [0.05, 0.1) is 11.4 Å². The van der Waals surface area contributed by atoms with Crippen LogP contribution in [0.1, 0.15) is 17.2 Å². The number of fused-ring (bicyclic) bond motifs is 1. The Morgan fingerprint density at radius 3 is 2.57 bits per heavy atom. The van der Waals surface area contributed by atoms with Crippen molar-refractivity contribution < 1.29 is 31.5 Å². The smallest absolute Gasteiger partial charge is 0.272 e. The van der Waals surface area contributed by atoms with Gasteiger partial charge in [0.1, 0.15) is 23.3 Å². The third-order valence-corrected chi connectivity index (χ3v) is 6.02. The van der Waals surface area contributed by atoms with Gasteiger partial charge in [0.2, 0.25) is 5.91 Å². The van der Waals surface area contributed by atoms with E-state index in [9.17, 15) is 26.8 Å². The Labute approximate surface area is 175 Å². The molecule has 1 aliphatic rings. The van der Waals surface area contributed by atoms with E-state index in [0.717, 1.165) is 0 Å². The van der Waals surface area contributed by atoms with Gasteiger partial charge in [-0.2, -0.15) is 0 Å². The molecule has 2 aromatic carbocycles. The average Bonchev–Trinajstić information content (AvgIpc) is 3.04. The number of ether oxygens (including phenoxy) is 1. The standard InChI is InChI=1S/C18H16ClF2N3O5S/c19-12-7-13-10(6-16(25)23-13)5-14(12)30(27,28)24-18(26)17(22)9-1-3-11(4-2-9)29-8-15(20)21/h1-5,7,15,17H,6,8,22H2,(H,23,25)(H,24,26). The monoisotopic (exact) mass is 459 g/mol. The van der Waals surface area contributed by atoms with E-state index in [1.54, 1.807) is 0 Å². The van der Waals surface area contributed by atoms with Crippen LogP contribution in [0.3, 0.4) is 0 Å². The number of halogens is 3. The highest BCUT2D eigenvalue weighted by atomic mass is 35.5. The zero-order valence-electron chi connectivity index (χ0n) is 15.2. The number of hydrogen-bond acceptors (Lipinski definition) is 6. The maximum Gasteiger partial charge on any atom is 0.272 e. The summed E-state index contributed by atoms with van der Waals surface area (Å²) in [6, 6.07) is 6.53. The lowest BCUT2D eigenvalue weighted by molar-refractivity contribution is -0.120. The van der Waals surface area contributed by atoms with Crippen molar-refractivity contribution in [2.24, 2.45) is 5.73 Å². The highest BCUT2D eigenvalue weighted by Crippen LogP contribution is 2.32. The summed E-state index contributed by atoms with van der Waals surface area (Å²) in [7, 11) is -4.37. The molecule has 4 N–H and O–H groups in total. The summed E-state index contributed by atoms with van der Waals surface area (Å²) in [5, 5.41) is 2.36. The molecule has 0 radical (unpaired) electrons. The first-order valence-electron chi connectivity index (χ1n) is 8.52. The number of sulfonamides is 1. The molecule has 30 heavy (non-hydrogen) atoms. The Balaban J connectivity index is 1.73. The zero-order chi connectivity index (χ0) is 22.1. The summed E-state index contributed by atoms with van der Waals surface area (Å²) in [5.41, 5.74) is 6.89.